The van der Waals surface area contributed by atoms with Crippen LogP contribution < -0.4 is 10.6 Å². The third kappa shape index (κ3) is 3.91. The van der Waals surface area contributed by atoms with E-state index in [1.165, 1.54) is 5.56 Å². The lowest BCUT2D eigenvalue weighted by Crippen LogP contribution is -2.47. The maximum Gasteiger partial charge on any atom is 0.316 e. The molecule has 1 aliphatic rings. The highest BCUT2D eigenvalue weighted by Crippen LogP contribution is 2.41. The highest BCUT2D eigenvalue weighted by Gasteiger charge is 2.35. The normalized spacial score (nSPS) is 16.0. The lowest BCUT2D eigenvalue weighted by molar-refractivity contribution is 0.224. The fraction of sp³-hybridized carbons (Fsp3) is 0.444. The quantitative estimate of drug-likeness (QED) is 0.866. The summed E-state index contributed by atoms with van der Waals surface area (Å²) in [6.07, 6.45) is 4.11. The van der Waals surface area contributed by atoms with Crippen molar-refractivity contribution in [2.75, 3.05) is 0 Å². The van der Waals surface area contributed by atoms with Crippen molar-refractivity contribution >= 4 is 17.4 Å². The van der Waals surface area contributed by atoms with Crippen LogP contribution in [0.5, 0.6) is 0 Å². The van der Waals surface area contributed by atoms with Gasteiger partial charge in [0.15, 0.2) is 0 Å². The highest BCUT2D eigenvalue weighted by atomic mass is 32.1. The Hall–Kier alpha value is -1.88. The van der Waals surface area contributed by atoms with Gasteiger partial charge in [0.2, 0.25) is 0 Å². The van der Waals surface area contributed by atoms with Crippen molar-refractivity contribution < 1.29 is 4.79 Å². The van der Waals surface area contributed by atoms with Crippen molar-refractivity contribution in [1.29, 1.82) is 0 Å². The predicted molar refractivity (Wildman–Crippen MR) is 93.5 cm³/mol. The van der Waals surface area contributed by atoms with E-state index in [0.29, 0.717) is 5.92 Å². The summed E-state index contributed by atoms with van der Waals surface area (Å²) in [6, 6.07) is 8.14. The summed E-state index contributed by atoms with van der Waals surface area (Å²) in [5.74, 6) is 0.522. The molecule has 5 heteroatoms. The topological polar surface area (TPSA) is 54.0 Å². The molecule has 0 spiro atoms. The minimum Gasteiger partial charge on any atom is -0.329 e. The number of nitrogens with zero attached hydrogens (tertiary/aromatic N) is 1. The molecular weight excluding hydrogens is 306 g/mol. The Morgan fingerprint density at radius 2 is 2.17 bits per heavy atom. The predicted octanol–water partition coefficient (Wildman–Crippen LogP) is 4.14. The molecule has 1 unspecified atom stereocenters. The molecule has 122 valence electrons. The van der Waals surface area contributed by atoms with Crippen LogP contribution >= 0.6 is 11.3 Å². The van der Waals surface area contributed by atoms with E-state index in [1.807, 2.05) is 31.4 Å². The SMILES string of the molecule is Cc1cccc(C(C)(C)NC(=O)NC(c2nccs2)C2CC2)c1. The van der Waals surface area contributed by atoms with Crippen molar-refractivity contribution in [2.24, 2.45) is 5.92 Å². The Balaban J connectivity index is 1.68. The van der Waals surface area contributed by atoms with E-state index in [2.05, 4.69) is 34.7 Å². The van der Waals surface area contributed by atoms with Gasteiger partial charge in [-0.15, -0.1) is 11.3 Å². The molecule has 23 heavy (non-hydrogen) atoms. The molecule has 1 aromatic carbocycles. The molecule has 1 aliphatic carbocycles. The van der Waals surface area contributed by atoms with E-state index >= 15 is 0 Å². The lowest BCUT2D eigenvalue weighted by Gasteiger charge is -2.28. The van der Waals surface area contributed by atoms with Crippen LogP contribution in [0, 0.1) is 12.8 Å². The monoisotopic (exact) mass is 329 g/mol. The second-order valence-electron chi connectivity index (χ2n) is 6.78. The summed E-state index contributed by atoms with van der Waals surface area (Å²) in [5.41, 5.74) is 1.87. The van der Waals surface area contributed by atoms with Gasteiger partial charge >= 0.3 is 6.03 Å². The average Bonchev–Trinajstić information content (AvgIpc) is 3.18. The van der Waals surface area contributed by atoms with Gasteiger partial charge in [-0.3, -0.25) is 0 Å². The molecule has 0 saturated heterocycles. The van der Waals surface area contributed by atoms with Crippen molar-refractivity contribution in [3.8, 4) is 0 Å². The number of nitrogens with one attached hydrogen (secondary N) is 2. The van der Waals surface area contributed by atoms with E-state index in [0.717, 1.165) is 23.4 Å². The third-order valence-electron chi connectivity index (χ3n) is 4.26. The molecule has 0 bridgehead atoms. The number of carbonyl (C=O) groups is 1. The van der Waals surface area contributed by atoms with Crippen molar-refractivity contribution in [3.63, 3.8) is 0 Å². The number of benzene rings is 1. The molecule has 2 amide bonds. The number of rotatable bonds is 5. The van der Waals surface area contributed by atoms with Gasteiger partial charge in [-0.05, 0) is 45.1 Å². The first-order valence-corrected chi connectivity index (χ1v) is 8.89. The molecule has 2 N–H and O–H groups in total. The van der Waals surface area contributed by atoms with E-state index < -0.39 is 5.54 Å². The number of aryl methyl sites for hydroxylation is 1. The molecule has 3 rings (SSSR count). The fourth-order valence-electron chi connectivity index (χ4n) is 2.77. The maximum absolute atomic E-state index is 12.5. The highest BCUT2D eigenvalue weighted by molar-refractivity contribution is 7.09. The third-order valence-corrected chi connectivity index (χ3v) is 5.12. The Labute approximate surface area is 141 Å². The van der Waals surface area contributed by atoms with Crippen LogP contribution in [0.4, 0.5) is 4.79 Å². The molecule has 1 atom stereocenters. The van der Waals surface area contributed by atoms with Gasteiger partial charge < -0.3 is 10.6 Å². The Bertz CT molecular complexity index is 677. The number of hydrogen-bond acceptors (Lipinski definition) is 3. The molecule has 0 aliphatic heterocycles. The minimum atomic E-state index is -0.424. The van der Waals surface area contributed by atoms with Crippen LogP contribution in [0.1, 0.15) is 48.9 Å². The fourth-order valence-corrected chi connectivity index (χ4v) is 3.55. The van der Waals surface area contributed by atoms with Gasteiger partial charge in [0.05, 0.1) is 11.6 Å². The van der Waals surface area contributed by atoms with Crippen molar-refractivity contribution in [3.05, 3.63) is 52.0 Å². The Morgan fingerprint density at radius 1 is 1.39 bits per heavy atom. The van der Waals surface area contributed by atoms with Gasteiger partial charge in [0.1, 0.15) is 5.01 Å². The molecule has 1 aromatic heterocycles. The van der Waals surface area contributed by atoms with E-state index in [9.17, 15) is 4.79 Å². The first-order valence-electron chi connectivity index (χ1n) is 8.01. The lowest BCUT2D eigenvalue weighted by atomic mass is 9.93. The first kappa shape index (κ1) is 16.0. The number of hydrogen-bond donors (Lipinski definition) is 2. The Morgan fingerprint density at radius 3 is 2.78 bits per heavy atom. The summed E-state index contributed by atoms with van der Waals surface area (Å²) in [7, 11) is 0. The number of amides is 2. The summed E-state index contributed by atoms with van der Waals surface area (Å²) >= 11 is 1.60. The molecule has 0 radical (unpaired) electrons. The summed E-state index contributed by atoms with van der Waals surface area (Å²) in [5, 5.41) is 9.18. The zero-order valence-electron chi connectivity index (χ0n) is 13.8. The standard InChI is InChI=1S/C18H23N3OS/c1-12-5-4-6-14(11-12)18(2,3)21-17(22)20-15(13-7-8-13)16-19-9-10-23-16/h4-6,9-11,13,15H,7-8H2,1-3H3,(H2,20,21,22). The van der Waals surface area contributed by atoms with E-state index in [1.54, 1.807) is 17.5 Å². The van der Waals surface area contributed by atoms with Crippen LogP contribution in [0.25, 0.3) is 0 Å². The number of thiazole rings is 1. The smallest absolute Gasteiger partial charge is 0.316 e. The van der Waals surface area contributed by atoms with E-state index in [4.69, 9.17) is 0 Å². The zero-order valence-corrected chi connectivity index (χ0v) is 14.6. The number of urea groups is 1. The first-order chi connectivity index (χ1) is 11.0. The summed E-state index contributed by atoms with van der Waals surface area (Å²) < 4.78 is 0. The zero-order chi connectivity index (χ0) is 16.4. The van der Waals surface area contributed by atoms with Crippen LogP contribution in [-0.2, 0) is 5.54 Å². The maximum atomic E-state index is 12.5. The van der Waals surface area contributed by atoms with Crippen LogP contribution in [-0.4, -0.2) is 11.0 Å². The minimum absolute atomic E-state index is 0.0308. The Kier molecular flexibility index (Phi) is 4.39. The second-order valence-corrected chi connectivity index (χ2v) is 7.70. The van der Waals surface area contributed by atoms with Crippen LogP contribution in [0.2, 0.25) is 0 Å². The largest absolute Gasteiger partial charge is 0.329 e. The van der Waals surface area contributed by atoms with Crippen molar-refractivity contribution in [1.82, 2.24) is 15.6 Å². The van der Waals surface area contributed by atoms with Gasteiger partial charge in [-0.2, -0.15) is 0 Å². The molecule has 2 aromatic rings. The van der Waals surface area contributed by atoms with Crippen molar-refractivity contribution in [2.45, 2.75) is 45.2 Å². The van der Waals surface area contributed by atoms with Gasteiger partial charge in [0, 0.05) is 11.6 Å². The van der Waals surface area contributed by atoms with Crippen LogP contribution in [0.3, 0.4) is 0 Å². The summed E-state index contributed by atoms with van der Waals surface area (Å²) in [4.78, 5) is 16.9. The average molecular weight is 329 g/mol. The molecule has 1 fully saturated rings. The molecule has 4 nitrogen and oxygen atoms in total. The molecular formula is C18H23N3OS. The summed E-state index contributed by atoms with van der Waals surface area (Å²) in [6.45, 7) is 6.11. The number of carbonyl (C=O) groups excluding carboxylic acids is 1. The molecule has 1 heterocycles. The van der Waals surface area contributed by atoms with Crippen LogP contribution in [0.15, 0.2) is 35.8 Å². The second kappa shape index (κ2) is 6.32. The molecule has 1 saturated carbocycles. The van der Waals surface area contributed by atoms with Gasteiger partial charge in [-0.1, -0.05) is 29.8 Å². The van der Waals surface area contributed by atoms with Gasteiger partial charge in [-0.25, -0.2) is 9.78 Å². The van der Waals surface area contributed by atoms with Gasteiger partial charge in [0.25, 0.3) is 0 Å². The van der Waals surface area contributed by atoms with E-state index in [-0.39, 0.29) is 12.1 Å². The number of aromatic nitrogens is 1.